The summed E-state index contributed by atoms with van der Waals surface area (Å²) >= 11 is 0. The topological polar surface area (TPSA) is 55.1 Å². The lowest BCUT2D eigenvalue weighted by Crippen LogP contribution is -2.26. The Balaban J connectivity index is 1.89. The monoisotopic (exact) mass is 284 g/mol. The first kappa shape index (κ1) is 14.1. The number of halogens is 3. The quantitative estimate of drug-likeness (QED) is 0.939. The molecule has 0 spiro atoms. The average molecular weight is 284 g/mol. The van der Waals surface area contributed by atoms with Gasteiger partial charge >= 0.3 is 6.18 Å². The molecular formula is C13H11F3N2O2. The van der Waals surface area contributed by atoms with Crippen LogP contribution in [0.3, 0.4) is 0 Å². The SMILES string of the molecule is O=C(NCCc1ccco1)c1ccc(C(F)(F)F)nc1. The number of aromatic nitrogens is 1. The molecule has 0 aliphatic rings. The van der Waals surface area contributed by atoms with Crippen LogP contribution in [-0.2, 0) is 12.6 Å². The zero-order chi connectivity index (χ0) is 14.6. The van der Waals surface area contributed by atoms with E-state index < -0.39 is 17.8 Å². The molecule has 0 fully saturated rings. The summed E-state index contributed by atoms with van der Waals surface area (Å²) in [6, 6.07) is 5.38. The van der Waals surface area contributed by atoms with E-state index in [1.54, 1.807) is 12.1 Å². The van der Waals surface area contributed by atoms with Gasteiger partial charge in [-0.05, 0) is 24.3 Å². The Morgan fingerprint density at radius 2 is 2.10 bits per heavy atom. The lowest BCUT2D eigenvalue weighted by atomic mass is 10.2. The summed E-state index contributed by atoms with van der Waals surface area (Å²) < 4.78 is 42.0. The van der Waals surface area contributed by atoms with Gasteiger partial charge in [-0.25, -0.2) is 0 Å². The normalized spacial score (nSPS) is 11.3. The van der Waals surface area contributed by atoms with Crippen molar-refractivity contribution >= 4 is 5.91 Å². The first-order valence-corrected chi connectivity index (χ1v) is 5.80. The fraction of sp³-hybridized carbons (Fsp3) is 0.231. The summed E-state index contributed by atoms with van der Waals surface area (Å²) in [5.41, 5.74) is -0.943. The van der Waals surface area contributed by atoms with E-state index in [1.165, 1.54) is 6.26 Å². The highest BCUT2D eigenvalue weighted by Gasteiger charge is 2.32. The molecule has 7 heteroatoms. The van der Waals surface area contributed by atoms with Crippen molar-refractivity contribution in [3.05, 3.63) is 53.7 Å². The molecule has 2 aromatic rings. The minimum atomic E-state index is -4.51. The minimum absolute atomic E-state index is 0.0810. The highest BCUT2D eigenvalue weighted by Crippen LogP contribution is 2.27. The molecule has 0 aromatic carbocycles. The molecule has 0 saturated heterocycles. The van der Waals surface area contributed by atoms with E-state index in [9.17, 15) is 18.0 Å². The Labute approximate surface area is 112 Å². The first-order chi connectivity index (χ1) is 9.47. The first-order valence-electron chi connectivity index (χ1n) is 5.80. The van der Waals surface area contributed by atoms with Crippen molar-refractivity contribution in [1.29, 1.82) is 0 Å². The van der Waals surface area contributed by atoms with Gasteiger partial charge in [-0.15, -0.1) is 0 Å². The summed E-state index contributed by atoms with van der Waals surface area (Å²) in [6.07, 6.45) is -1.57. The zero-order valence-electron chi connectivity index (χ0n) is 10.3. The van der Waals surface area contributed by atoms with Crippen LogP contribution in [0.1, 0.15) is 21.8 Å². The van der Waals surface area contributed by atoms with Gasteiger partial charge in [0, 0.05) is 19.2 Å². The van der Waals surface area contributed by atoms with Crippen LogP contribution in [0.15, 0.2) is 41.1 Å². The predicted octanol–water partition coefficient (Wildman–Crippen LogP) is 2.67. The number of carbonyl (C=O) groups is 1. The van der Waals surface area contributed by atoms with E-state index >= 15 is 0 Å². The number of alkyl halides is 3. The molecule has 0 aliphatic heterocycles. The highest BCUT2D eigenvalue weighted by atomic mass is 19.4. The second-order valence-electron chi connectivity index (χ2n) is 4.02. The van der Waals surface area contributed by atoms with Gasteiger partial charge in [0.2, 0.25) is 0 Å². The van der Waals surface area contributed by atoms with E-state index in [0.717, 1.165) is 24.1 Å². The molecule has 0 bridgehead atoms. The third-order valence-corrected chi connectivity index (χ3v) is 2.55. The van der Waals surface area contributed by atoms with Gasteiger partial charge in [-0.1, -0.05) is 0 Å². The highest BCUT2D eigenvalue weighted by molar-refractivity contribution is 5.93. The summed E-state index contributed by atoms with van der Waals surface area (Å²) in [5, 5.41) is 2.58. The second-order valence-corrected chi connectivity index (χ2v) is 4.02. The van der Waals surface area contributed by atoms with E-state index in [1.807, 2.05) is 0 Å². The number of hydrogen-bond acceptors (Lipinski definition) is 3. The summed E-state index contributed by atoms with van der Waals surface area (Å²) in [4.78, 5) is 14.9. The number of furan rings is 1. The van der Waals surface area contributed by atoms with Gasteiger partial charge in [0.25, 0.3) is 5.91 Å². The van der Waals surface area contributed by atoms with E-state index in [0.29, 0.717) is 13.0 Å². The second kappa shape index (κ2) is 5.77. The standard InChI is InChI=1S/C13H11F3N2O2/c14-13(15,16)11-4-3-9(8-18-11)12(19)17-6-5-10-2-1-7-20-10/h1-4,7-8H,5-6H2,(H,17,19). The lowest BCUT2D eigenvalue weighted by molar-refractivity contribution is -0.141. The maximum atomic E-state index is 12.3. The van der Waals surface area contributed by atoms with Crippen molar-refractivity contribution < 1.29 is 22.4 Å². The molecule has 0 aliphatic carbocycles. The average Bonchev–Trinajstić information content (AvgIpc) is 2.91. The van der Waals surface area contributed by atoms with E-state index in [-0.39, 0.29) is 5.56 Å². The maximum Gasteiger partial charge on any atom is 0.433 e. The Bertz CT molecular complexity index is 562. The summed E-state index contributed by atoms with van der Waals surface area (Å²) in [6.45, 7) is 0.327. The van der Waals surface area contributed by atoms with Crippen LogP contribution in [0.5, 0.6) is 0 Å². The number of carbonyl (C=O) groups excluding carboxylic acids is 1. The lowest BCUT2D eigenvalue weighted by Gasteiger charge is -2.07. The molecule has 1 N–H and O–H groups in total. The van der Waals surface area contributed by atoms with Crippen molar-refractivity contribution in [3.63, 3.8) is 0 Å². The van der Waals surface area contributed by atoms with Crippen LogP contribution in [0, 0.1) is 0 Å². The van der Waals surface area contributed by atoms with Crippen LogP contribution in [0.4, 0.5) is 13.2 Å². The molecule has 2 aromatic heterocycles. The molecule has 0 atom stereocenters. The molecule has 4 nitrogen and oxygen atoms in total. The molecule has 20 heavy (non-hydrogen) atoms. The Morgan fingerprint density at radius 1 is 1.30 bits per heavy atom. The molecular weight excluding hydrogens is 273 g/mol. The van der Waals surface area contributed by atoms with Crippen molar-refractivity contribution in [3.8, 4) is 0 Å². The fourth-order valence-electron chi connectivity index (χ4n) is 1.55. The molecule has 106 valence electrons. The summed E-state index contributed by atoms with van der Waals surface area (Å²) in [5.74, 6) is 0.244. The van der Waals surface area contributed by atoms with Crippen molar-refractivity contribution in [2.24, 2.45) is 0 Å². The molecule has 1 amide bonds. The molecule has 2 rings (SSSR count). The zero-order valence-corrected chi connectivity index (χ0v) is 10.3. The number of nitrogens with one attached hydrogen (secondary N) is 1. The van der Waals surface area contributed by atoms with Gasteiger partial charge in [0.15, 0.2) is 0 Å². The molecule has 0 saturated carbocycles. The van der Waals surface area contributed by atoms with Crippen molar-refractivity contribution in [2.75, 3.05) is 6.54 Å². The number of pyridine rings is 1. The largest absolute Gasteiger partial charge is 0.469 e. The fourth-order valence-corrected chi connectivity index (χ4v) is 1.55. The molecule has 0 unspecified atom stereocenters. The van der Waals surface area contributed by atoms with Gasteiger partial charge in [0.05, 0.1) is 11.8 Å². The number of hydrogen-bond donors (Lipinski definition) is 1. The van der Waals surface area contributed by atoms with E-state index in [4.69, 9.17) is 4.42 Å². The summed E-state index contributed by atoms with van der Waals surface area (Å²) in [7, 11) is 0. The van der Waals surface area contributed by atoms with Gasteiger partial charge in [-0.3, -0.25) is 9.78 Å². The number of rotatable bonds is 4. The number of nitrogens with zero attached hydrogens (tertiary/aromatic N) is 1. The van der Waals surface area contributed by atoms with Crippen LogP contribution in [0.25, 0.3) is 0 Å². The molecule has 0 radical (unpaired) electrons. The predicted molar refractivity (Wildman–Crippen MR) is 64.0 cm³/mol. The van der Waals surface area contributed by atoms with Gasteiger partial charge in [-0.2, -0.15) is 13.2 Å². The van der Waals surface area contributed by atoms with Crippen LogP contribution < -0.4 is 5.32 Å². The van der Waals surface area contributed by atoms with Gasteiger partial charge in [0.1, 0.15) is 11.5 Å². The third kappa shape index (κ3) is 3.59. The number of amides is 1. The Morgan fingerprint density at radius 3 is 2.65 bits per heavy atom. The Hall–Kier alpha value is -2.31. The van der Waals surface area contributed by atoms with Crippen LogP contribution in [0.2, 0.25) is 0 Å². The molecule has 2 heterocycles. The Kier molecular flexibility index (Phi) is 4.07. The minimum Gasteiger partial charge on any atom is -0.469 e. The van der Waals surface area contributed by atoms with Crippen LogP contribution >= 0.6 is 0 Å². The van der Waals surface area contributed by atoms with E-state index in [2.05, 4.69) is 10.3 Å². The third-order valence-electron chi connectivity index (χ3n) is 2.55. The smallest absolute Gasteiger partial charge is 0.433 e. The van der Waals surface area contributed by atoms with Crippen molar-refractivity contribution in [2.45, 2.75) is 12.6 Å². The maximum absolute atomic E-state index is 12.3. The van der Waals surface area contributed by atoms with Gasteiger partial charge < -0.3 is 9.73 Å². The van der Waals surface area contributed by atoms with Crippen LogP contribution in [-0.4, -0.2) is 17.4 Å². The van der Waals surface area contributed by atoms with Crippen molar-refractivity contribution in [1.82, 2.24) is 10.3 Å².